The highest BCUT2D eigenvalue weighted by Gasteiger charge is 2.06. The third kappa shape index (κ3) is 1.55. The Morgan fingerprint density at radius 3 is 3.00 bits per heavy atom. The molecule has 0 aliphatic heterocycles. The second kappa shape index (κ2) is 3.71. The molecule has 74 valence electrons. The first-order chi connectivity index (χ1) is 6.72. The summed E-state index contributed by atoms with van der Waals surface area (Å²) in [4.78, 5) is 0.822. The van der Waals surface area contributed by atoms with Crippen LogP contribution in [0.25, 0.3) is 10.1 Å². The zero-order valence-corrected chi connectivity index (χ0v) is 9.49. The van der Waals surface area contributed by atoms with Crippen molar-refractivity contribution >= 4 is 39.7 Å². The summed E-state index contributed by atoms with van der Waals surface area (Å²) in [5.41, 5.74) is 6.48. The van der Waals surface area contributed by atoms with Crippen LogP contribution in [0.4, 0.5) is 5.69 Å². The maximum Gasteiger partial charge on any atom is 0.137 e. The van der Waals surface area contributed by atoms with Gasteiger partial charge in [0.1, 0.15) is 5.75 Å². The van der Waals surface area contributed by atoms with E-state index in [1.54, 1.807) is 11.3 Å². The molecule has 0 aliphatic rings. The van der Waals surface area contributed by atoms with Crippen LogP contribution in [0.3, 0.4) is 0 Å². The number of benzene rings is 1. The van der Waals surface area contributed by atoms with E-state index < -0.39 is 0 Å². The summed E-state index contributed by atoms with van der Waals surface area (Å²) < 4.78 is 6.64. The van der Waals surface area contributed by atoms with Crippen molar-refractivity contribution < 1.29 is 4.74 Å². The van der Waals surface area contributed by atoms with Gasteiger partial charge in [-0.2, -0.15) is 0 Å². The molecule has 14 heavy (non-hydrogen) atoms. The van der Waals surface area contributed by atoms with Crippen LogP contribution in [0, 0.1) is 0 Å². The highest BCUT2D eigenvalue weighted by atomic mass is 32.1. The molecule has 1 aromatic carbocycles. The zero-order valence-electron chi connectivity index (χ0n) is 7.78. The van der Waals surface area contributed by atoms with Crippen molar-refractivity contribution in [3.8, 4) is 5.75 Å². The third-order valence-corrected chi connectivity index (χ3v) is 3.30. The summed E-state index contributed by atoms with van der Waals surface area (Å²) >= 11 is 5.92. The second-order valence-corrected chi connectivity index (χ2v) is 4.33. The average molecular weight is 225 g/mol. The summed E-state index contributed by atoms with van der Waals surface area (Å²) in [6.45, 7) is 2.65. The lowest BCUT2D eigenvalue weighted by Gasteiger charge is -2.02. The minimum Gasteiger partial charge on any atom is -0.492 e. The lowest BCUT2D eigenvalue weighted by molar-refractivity contribution is 0.345. The monoisotopic (exact) mass is 225 g/mol. The van der Waals surface area contributed by atoms with Gasteiger partial charge in [0, 0.05) is 26.0 Å². The van der Waals surface area contributed by atoms with Crippen LogP contribution in [-0.2, 0) is 0 Å². The number of nitrogen functional groups attached to an aromatic ring is 1. The van der Waals surface area contributed by atoms with E-state index >= 15 is 0 Å². The van der Waals surface area contributed by atoms with E-state index in [4.69, 9.17) is 10.5 Å². The van der Waals surface area contributed by atoms with Crippen LogP contribution < -0.4 is 10.5 Å². The maximum atomic E-state index is 5.78. The molecule has 0 saturated heterocycles. The molecule has 1 aromatic heterocycles. The highest BCUT2D eigenvalue weighted by molar-refractivity contribution is 7.80. The molecule has 0 radical (unpaired) electrons. The van der Waals surface area contributed by atoms with Crippen molar-refractivity contribution in [3.63, 3.8) is 0 Å². The van der Waals surface area contributed by atoms with Crippen LogP contribution in [0.1, 0.15) is 6.92 Å². The zero-order chi connectivity index (χ0) is 10.1. The Hall–Kier alpha value is -0.870. The fourth-order valence-electron chi connectivity index (χ4n) is 1.32. The smallest absolute Gasteiger partial charge is 0.137 e. The summed E-state index contributed by atoms with van der Waals surface area (Å²) in [5.74, 6) is 0.910. The molecule has 0 unspecified atom stereocenters. The SMILES string of the molecule is CCOc1csc2cc(S)c(N)cc12. The van der Waals surface area contributed by atoms with Gasteiger partial charge in [-0.1, -0.05) is 0 Å². The summed E-state index contributed by atoms with van der Waals surface area (Å²) in [5, 5.41) is 3.08. The van der Waals surface area contributed by atoms with E-state index in [1.807, 2.05) is 24.4 Å². The molecular weight excluding hydrogens is 214 g/mol. The molecule has 0 atom stereocenters. The lowest BCUT2D eigenvalue weighted by atomic mass is 10.2. The fraction of sp³-hybridized carbons (Fsp3) is 0.200. The van der Waals surface area contributed by atoms with E-state index in [0.29, 0.717) is 12.3 Å². The number of nitrogens with two attached hydrogens (primary N) is 1. The van der Waals surface area contributed by atoms with Gasteiger partial charge in [-0.3, -0.25) is 0 Å². The topological polar surface area (TPSA) is 35.2 Å². The van der Waals surface area contributed by atoms with Crippen molar-refractivity contribution in [2.24, 2.45) is 0 Å². The Balaban J connectivity index is 2.61. The van der Waals surface area contributed by atoms with Gasteiger partial charge in [-0.15, -0.1) is 24.0 Å². The number of thiophene rings is 1. The molecule has 0 spiro atoms. The first-order valence-electron chi connectivity index (χ1n) is 4.35. The number of rotatable bonds is 2. The van der Waals surface area contributed by atoms with Crippen molar-refractivity contribution in [1.82, 2.24) is 0 Å². The molecule has 2 aromatic rings. The van der Waals surface area contributed by atoms with Gasteiger partial charge < -0.3 is 10.5 Å². The molecule has 1 heterocycles. The minimum absolute atomic E-state index is 0.675. The fourth-order valence-corrected chi connectivity index (χ4v) is 2.51. The summed E-state index contributed by atoms with van der Waals surface area (Å²) in [7, 11) is 0. The Morgan fingerprint density at radius 2 is 2.29 bits per heavy atom. The molecule has 0 amide bonds. The Kier molecular flexibility index (Phi) is 2.56. The number of anilines is 1. The van der Waals surface area contributed by atoms with Gasteiger partial charge >= 0.3 is 0 Å². The van der Waals surface area contributed by atoms with Crippen LogP contribution >= 0.6 is 24.0 Å². The molecular formula is C10H11NOS2. The van der Waals surface area contributed by atoms with Crippen LogP contribution in [-0.4, -0.2) is 6.61 Å². The number of hydrogen-bond acceptors (Lipinski definition) is 4. The normalized spacial score (nSPS) is 10.7. The first-order valence-corrected chi connectivity index (χ1v) is 5.67. The Bertz CT molecular complexity index is 464. The molecule has 0 aliphatic carbocycles. The Labute approximate surface area is 92.1 Å². The van der Waals surface area contributed by atoms with Crippen LogP contribution in [0.2, 0.25) is 0 Å². The highest BCUT2D eigenvalue weighted by Crippen LogP contribution is 2.36. The van der Waals surface area contributed by atoms with Gasteiger partial charge in [0.05, 0.1) is 6.61 Å². The van der Waals surface area contributed by atoms with Gasteiger partial charge in [0.15, 0.2) is 0 Å². The molecule has 2 rings (SSSR count). The van der Waals surface area contributed by atoms with Gasteiger partial charge in [-0.05, 0) is 19.1 Å². The second-order valence-electron chi connectivity index (χ2n) is 2.94. The largest absolute Gasteiger partial charge is 0.492 e. The molecule has 2 nitrogen and oxygen atoms in total. The number of fused-ring (bicyclic) bond motifs is 1. The molecule has 0 bridgehead atoms. The molecule has 0 fully saturated rings. The van der Waals surface area contributed by atoms with E-state index in [1.165, 1.54) is 0 Å². The van der Waals surface area contributed by atoms with Gasteiger partial charge in [0.25, 0.3) is 0 Å². The number of thiol groups is 1. The predicted molar refractivity (Wildman–Crippen MR) is 64.7 cm³/mol. The standard InChI is InChI=1S/C10H11NOS2/c1-2-12-8-5-14-10-4-9(13)7(11)3-6(8)10/h3-5,13H,2,11H2,1H3. The van der Waals surface area contributed by atoms with E-state index in [0.717, 1.165) is 20.7 Å². The van der Waals surface area contributed by atoms with Crippen LogP contribution in [0.15, 0.2) is 22.4 Å². The predicted octanol–water partition coefficient (Wildman–Crippen LogP) is 3.17. The first kappa shape index (κ1) is 9.68. The molecule has 2 N–H and O–H groups in total. The molecule has 4 heteroatoms. The van der Waals surface area contributed by atoms with E-state index in [9.17, 15) is 0 Å². The van der Waals surface area contributed by atoms with E-state index in [-0.39, 0.29) is 0 Å². The van der Waals surface area contributed by atoms with Crippen molar-refractivity contribution in [2.45, 2.75) is 11.8 Å². The summed E-state index contributed by atoms with van der Waals surface area (Å²) in [6, 6.07) is 3.89. The van der Waals surface area contributed by atoms with Gasteiger partial charge in [0.2, 0.25) is 0 Å². The maximum absolute atomic E-state index is 5.78. The number of hydrogen-bond donors (Lipinski definition) is 2. The quantitative estimate of drug-likeness (QED) is 0.608. The third-order valence-electron chi connectivity index (χ3n) is 1.99. The van der Waals surface area contributed by atoms with Gasteiger partial charge in [-0.25, -0.2) is 0 Å². The van der Waals surface area contributed by atoms with Crippen molar-refractivity contribution in [2.75, 3.05) is 12.3 Å². The average Bonchev–Trinajstić information content (AvgIpc) is 2.51. The summed E-state index contributed by atoms with van der Waals surface area (Å²) in [6.07, 6.45) is 0. The number of ether oxygens (including phenoxy) is 1. The van der Waals surface area contributed by atoms with Crippen molar-refractivity contribution in [1.29, 1.82) is 0 Å². The van der Waals surface area contributed by atoms with E-state index in [2.05, 4.69) is 12.6 Å². The Morgan fingerprint density at radius 1 is 1.50 bits per heavy atom. The van der Waals surface area contributed by atoms with Crippen molar-refractivity contribution in [3.05, 3.63) is 17.5 Å². The van der Waals surface area contributed by atoms with Crippen LogP contribution in [0.5, 0.6) is 5.75 Å². The minimum atomic E-state index is 0.675. The molecule has 0 saturated carbocycles. The lowest BCUT2D eigenvalue weighted by Crippen LogP contribution is -1.90.